The molecule has 0 aliphatic heterocycles. The highest BCUT2D eigenvalue weighted by Crippen LogP contribution is 2.42. The van der Waals surface area contributed by atoms with E-state index < -0.39 is 0 Å². The minimum Gasteiger partial charge on any atom is -0.355 e. The topological polar surface area (TPSA) is 12.0 Å². The Balaban J connectivity index is 1.36. The van der Waals surface area contributed by atoms with Crippen molar-refractivity contribution in [2.45, 2.75) is 20.8 Å². The molecule has 8 aromatic carbocycles. The van der Waals surface area contributed by atoms with Crippen molar-refractivity contribution in [2.24, 2.45) is 0 Å². The number of hydrogen-bond acceptors (Lipinski definition) is 1. The van der Waals surface area contributed by atoms with Gasteiger partial charge in [0.2, 0.25) is 0 Å². The molecular formula is C35H25N. The maximum atomic E-state index is 3.81. The number of nitrogens with one attached hydrogen (secondary N) is 1. The van der Waals surface area contributed by atoms with Gasteiger partial charge in [-0.3, -0.25) is 0 Å². The lowest BCUT2D eigenvalue weighted by molar-refractivity contribution is 1.45. The Labute approximate surface area is 209 Å². The lowest BCUT2D eigenvalue weighted by Crippen LogP contribution is -1.98. The summed E-state index contributed by atoms with van der Waals surface area (Å²) in [7, 11) is 0. The number of anilines is 2. The molecule has 0 aliphatic rings. The second-order valence-corrected chi connectivity index (χ2v) is 10.5. The molecule has 0 spiro atoms. The van der Waals surface area contributed by atoms with E-state index in [4.69, 9.17) is 0 Å². The Kier molecular flexibility index (Phi) is 3.79. The average Bonchev–Trinajstić information content (AvgIpc) is 2.87. The largest absolute Gasteiger partial charge is 0.355 e. The van der Waals surface area contributed by atoms with Crippen LogP contribution in [0.1, 0.15) is 16.7 Å². The molecule has 0 aliphatic carbocycles. The van der Waals surface area contributed by atoms with Gasteiger partial charge >= 0.3 is 0 Å². The molecule has 0 unspecified atom stereocenters. The van der Waals surface area contributed by atoms with Gasteiger partial charge in [-0.1, -0.05) is 72.8 Å². The van der Waals surface area contributed by atoms with Crippen LogP contribution < -0.4 is 5.32 Å². The van der Waals surface area contributed by atoms with Crippen LogP contribution in [0, 0.1) is 20.8 Å². The highest BCUT2D eigenvalue weighted by molar-refractivity contribution is 6.26. The predicted octanol–water partition coefficient (Wildman–Crippen LogP) is 10.2. The zero-order valence-corrected chi connectivity index (χ0v) is 20.7. The summed E-state index contributed by atoms with van der Waals surface area (Å²) in [5.74, 6) is 0. The maximum Gasteiger partial charge on any atom is 0.0426 e. The predicted molar refractivity (Wildman–Crippen MR) is 158 cm³/mol. The van der Waals surface area contributed by atoms with Crippen molar-refractivity contribution in [3.05, 3.63) is 108 Å². The van der Waals surface area contributed by atoms with Crippen LogP contribution in [0.3, 0.4) is 0 Å². The van der Waals surface area contributed by atoms with Crippen LogP contribution in [0.2, 0.25) is 0 Å². The monoisotopic (exact) mass is 459 g/mol. The Morgan fingerprint density at radius 3 is 1.67 bits per heavy atom. The van der Waals surface area contributed by atoms with Crippen LogP contribution in [0.25, 0.3) is 64.6 Å². The fourth-order valence-corrected chi connectivity index (χ4v) is 6.67. The SMILES string of the molecule is Cc1cc2ccc3cc(Nc4cc5ccc6cccc7ccc(c4)c5c67)c(C)c4c(C)cc(c1)c2c34. The zero-order valence-electron chi connectivity index (χ0n) is 20.7. The molecule has 36 heavy (non-hydrogen) atoms. The van der Waals surface area contributed by atoms with Crippen molar-refractivity contribution in [2.75, 3.05) is 5.32 Å². The summed E-state index contributed by atoms with van der Waals surface area (Å²) in [6, 6.07) is 34.1. The van der Waals surface area contributed by atoms with Crippen LogP contribution in [0.15, 0.2) is 91.0 Å². The Morgan fingerprint density at radius 1 is 0.444 bits per heavy atom. The van der Waals surface area contributed by atoms with E-state index in [1.54, 1.807) is 0 Å². The third-order valence-electron chi connectivity index (χ3n) is 8.16. The summed E-state index contributed by atoms with van der Waals surface area (Å²) in [6.07, 6.45) is 0. The fourth-order valence-electron chi connectivity index (χ4n) is 6.67. The van der Waals surface area contributed by atoms with E-state index in [1.807, 2.05) is 0 Å². The summed E-state index contributed by atoms with van der Waals surface area (Å²) in [5, 5.41) is 19.8. The number of aryl methyl sites for hydroxylation is 3. The highest BCUT2D eigenvalue weighted by Gasteiger charge is 2.16. The normalized spacial score (nSPS) is 12.3. The molecule has 0 bridgehead atoms. The van der Waals surface area contributed by atoms with Crippen molar-refractivity contribution in [3.8, 4) is 0 Å². The first-order chi connectivity index (χ1) is 17.5. The number of hydrogen-bond donors (Lipinski definition) is 1. The second-order valence-electron chi connectivity index (χ2n) is 10.5. The van der Waals surface area contributed by atoms with E-state index in [0.29, 0.717) is 0 Å². The van der Waals surface area contributed by atoms with Gasteiger partial charge in [-0.05, 0) is 120 Å². The Morgan fingerprint density at radius 2 is 0.972 bits per heavy atom. The van der Waals surface area contributed by atoms with Crippen molar-refractivity contribution in [3.63, 3.8) is 0 Å². The van der Waals surface area contributed by atoms with Gasteiger partial charge in [0, 0.05) is 11.4 Å². The van der Waals surface area contributed by atoms with Crippen LogP contribution in [-0.4, -0.2) is 0 Å². The first kappa shape index (κ1) is 19.9. The van der Waals surface area contributed by atoms with E-state index in [0.717, 1.165) is 5.69 Å². The lowest BCUT2D eigenvalue weighted by atomic mass is 9.88. The molecule has 170 valence electrons. The molecule has 0 saturated heterocycles. The molecule has 1 heteroatoms. The van der Waals surface area contributed by atoms with Gasteiger partial charge in [-0.2, -0.15) is 0 Å². The van der Waals surface area contributed by atoms with Crippen LogP contribution >= 0.6 is 0 Å². The standard InChI is InChI=1S/C35H25N/c1-19-13-24-11-12-27-18-30(21(3)31-20(2)15-28(14-19)34(24)35(27)31)36-29-16-25-9-7-22-5-4-6-23-8-10-26(17-29)33(25)32(22)23/h4-18,36H,1-3H3. The third kappa shape index (κ3) is 2.60. The number of rotatable bonds is 2. The Bertz CT molecular complexity index is 2080. The quantitative estimate of drug-likeness (QED) is 0.254. The van der Waals surface area contributed by atoms with Crippen LogP contribution in [0.5, 0.6) is 0 Å². The van der Waals surface area contributed by atoms with E-state index in [9.17, 15) is 0 Å². The van der Waals surface area contributed by atoms with Gasteiger partial charge in [0.05, 0.1) is 0 Å². The van der Waals surface area contributed by atoms with E-state index >= 15 is 0 Å². The molecule has 0 saturated carbocycles. The molecule has 8 rings (SSSR count). The molecule has 0 atom stereocenters. The van der Waals surface area contributed by atoms with Gasteiger partial charge in [0.1, 0.15) is 0 Å². The van der Waals surface area contributed by atoms with Crippen molar-refractivity contribution in [1.29, 1.82) is 0 Å². The van der Waals surface area contributed by atoms with E-state index in [-0.39, 0.29) is 0 Å². The molecule has 1 nitrogen and oxygen atoms in total. The van der Waals surface area contributed by atoms with Crippen molar-refractivity contribution < 1.29 is 0 Å². The summed E-state index contributed by atoms with van der Waals surface area (Å²) >= 11 is 0. The third-order valence-corrected chi connectivity index (χ3v) is 8.16. The molecule has 0 fully saturated rings. The van der Waals surface area contributed by atoms with Gasteiger partial charge in [0.25, 0.3) is 0 Å². The van der Waals surface area contributed by atoms with Gasteiger partial charge in [0.15, 0.2) is 0 Å². The number of benzene rings is 8. The molecule has 8 aromatic rings. The second kappa shape index (κ2) is 6.86. The highest BCUT2D eigenvalue weighted by atomic mass is 14.9. The van der Waals surface area contributed by atoms with Crippen LogP contribution in [0.4, 0.5) is 11.4 Å². The maximum absolute atomic E-state index is 3.81. The summed E-state index contributed by atoms with van der Waals surface area (Å²) in [6.45, 7) is 6.70. The lowest BCUT2D eigenvalue weighted by Gasteiger charge is -2.20. The first-order valence-electron chi connectivity index (χ1n) is 12.7. The summed E-state index contributed by atoms with van der Waals surface area (Å²) in [5.41, 5.74) is 6.26. The minimum atomic E-state index is 1.13. The molecule has 0 heterocycles. The van der Waals surface area contributed by atoms with E-state index in [1.165, 1.54) is 87.0 Å². The van der Waals surface area contributed by atoms with Crippen molar-refractivity contribution in [1.82, 2.24) is 0 Å². The fraction of sp³-hybridized carbons (Fsp3) is 0.0857. The van der Waals surface area contributed by atoms with Crippen LogP contribution in [-0.2, 0) is 0 Å². The van der Waals surface area contributed by atoms with E-state index in [2.05, 4.69) is 117 Å². The summed E-state index contributed by atoms with van der Waals surface area (Å²) in [4.78, 5) is 0. The van der Waals surface area contributed by atoms with Crippen molar-refractivity contribution >= 4 is 76.0 Å². The molecule has 0 radical (unpaired) electrons. The minimum absolute atomic E-state index is 1.13. The van der Waals surface area contributed by atoms with Gasteiger partial charge in [-0.15, -0.1) is 0 Å². The molecule has 0 amide bonds. The first-order valence-corrected chi connectivity index (χ1v) is 12.7. The smallest absolute Gasteiger partial charge is 0.0426 e. The molecular weight excluding hydrogens is 434 g/mol. The van der Waals surface area contributed by atoms with Gasteiger partial charge in [-0.25, -0.2) is 0 Å². The van der Waals surface area contributed by atoms with Gasteiger partial charge < -0.3 is 5.32 Å². The molecule has 1 N–H and O–H groups in total. The summed E-state index contributed by atoms with van der Waals surface area (Å²) < 4.78 is 0. The Hall–Kier alpha value is -4.36. The zero-order chi connectivity index (χ0) is 24.1. The average molecular weight is 460 g/mol. The molecule has 0 aromatic heterocycles.